The number of alkyl halides is 3. The predicted octanol–water partition coefficient (Wildman–Crippen LogP) is 5.01. The summed E-state index contributed by atoms with van der Waals surface area (Å²) in [5.41, 5.74) is 0.170. The van der Waals surface area contributed by atoms with Gasteiger partial charge in [-0.1, -0.05) is 55.1 Å². The Bertz CT molecular complexity index is 628. The van der Waals surface area contributed by atoms with Gasteiger partial charge >= 0.3 is 6.18 Å². The van der Waals surface area contributed by atoms with Gasteiger partial charge < -0.3 is 0 Å². The molecule has 0 heterocycles. The van der Waals surface area contributed by atoms with Crippen molar-refractivity contribution in [2.45, 2.75) is 6.18 Å². The largest absolute Gasteiger partial charge is 0.416 e. The molecule has 2 aromatic rings. The second kappa shape index (κ2) is 5.74. The molecule has 0 aliphatic heterocycles. The molecule has 0 saturated carbocycles. The first kappa shape index (κ1) is 14.1. The topological polar surface area (TPSA) is 12.4 Å². The zero-order valence-corrected chi connectivity index (χ0v) is 10.6. The smallest absolute Gasteiger partial charge is 0.256 e. The van der Waals surface area contributed by atoms with E-state index in [0.29, 0.717) is 0 Å². The molecule has 0 saturated heterocycles. The van der Waals surface area contributed by atoms with Crippen molar-refractivity contribution in [3.63, 3.8) is 0 Å². The standard InChI is InChI=1S/C16H12F3N/c1-12(16(17,18)19)14-9-5-6-10-15(14)20-11-13-7-3-2-4-8-13/h2-11H,1H2. The fourth-order valence-corrected chi connectivity index (χ4v) is 1.68. The lowest BCUT2D eigenvalue weighted by molar-refractivity contribution is -0.0686. The molecular formula is C16H12F3N. The van der Waals surface area contributed by atoms with E-state index in [4.69, 9.17) is 0 Å². The van der Waals surface area contributed by atoms with Gasteiger partial charge in [0.05, 0.1) is 11.3 Å². The Morgan fingerprint density at radius 1 is 0.950 bits per heavy atom. The van der Waals surface area contributed by atoms with E-state index in [9.17, 15) is 13.2 Å². The van der Waals surface area contributed by atoms with E-state index in [1.54, 1.807) is 6.07 Å². The van der Waals surface area contributed by atoms with Crippen molar-refractivity contribution in [1.29, 1.82) is 0 Å². The number of allylic oxidation sites excluding steroid dienone is 1. The van der Waals surface area contributed by atoms with Crippen molar-refractivity contribution >= 4 is 17.5 Å². The van der Waals surface area contributed by atoms with Gasteiger partial charge in [-0.25, -0.2) is 0 Å². The van der Waals surface area contributed by atoms with Gasteiger partial charge in [0.1, 0.15) is 0 Å². The van der Waals surface area contributed by atoms with Crippen LogP contribution in [0.5, 0.6) is 0 Å². The highest BCUT2D eigenvalue weighted by molar-refractivity contribution is 5.85. The SMILES string of the molecule is C=C(c1ccccc1N=Cc1ccccc1)C(F)(F)F. The lowest BCUT2D eigenvalue weighted by atomic mass is 10.1. The van der Waals surface area contributed by atoms with Crippen molar-refractivity contribution < 1.29 is 13.2 Å². The molecule has 2 rings (SSSR count). The fraction of sp³-hybridized carbons (Fsp3) is 0.0625. The third kappa shape index (κ3) is 3.35. The van der Waals surface area contributed by atoms with Crippen LogP contribution in [0.25, 0.3) is 5.57 Å². The van der Waals surface area contributed by atoms with Crippen LogP contribution in [0.15, 0.2) is 66.2 Å². The van der Waals surface area contributed by atoms with Gasteiger partial charge in [0, 0.05) is 11.8 Å². The number of nitrogens with zero attached hydrogens (tertiary/aromatic N) is 1. The maximum Gasteiger partial charge on any atom is 0.416 e. The molecule has 2 aromatic carbocycles. The molecule has 0 fully saturated rings. The molecule has 0 N–H and O–H groups in total. The van der Waals surface area contributed by atoms with Crippen LogP contribution in [0.4, 0.5) is 18.9 Å². The highest BCUT2D eigenvalue weighted by Crippen LogP contribution is 2.36. The average Bonchev–Trinajstić information content (AvgIpc) is 2.45. The number of aliphatic imine (C=N–C) groups is 1. The molecule has 0 aliphatic rings. The number of para-hydroxylation sites is 1. The first-order valence-corrected chi connectivity index (χ1v) is 5.93. The minimum Gasteiger partial charge on any atom is -0.256 e. The molecule has 0 bridgehead atoms. The Morgan fingerprint density at radius 3 is 2.20 bits per heavy atom. The summed E-state index contributed by atoms with van der Waals surface area (Å²) in [4.78, 5) is 4.13. The summed E-state index contributed by atoms with van der Waals surface area (Å²) in [6, 6.07) is 15.3. The Balaban J connectivity index is 2.34. The Labute approximate surface area is 115 Å². The first-order valence-electron chi connectivity index (χ1n) is 5.93. The molecule has 0 radical (unpaired) electrons. The maximum atomic E-state index is 12.7. The summed E-state index contributed by atoms with van der Waals surface area (Å²) in [5.74, 6) is 0. The van der Waals surface area contributed by atoms with Crippen molar-refractivity contribution in [2.24, 2.45) is 4.99 Å². The first-order chi connectivity index (χ1) is 9.48. The van der Waals surface area contributed by atoms with Gasteiger partial charge in [0.2, 0.25) is 0 Å². The molecule has 0 atom stereocenters. The van der Waals surface area contributed by atoms with Gasteiger partial charge in [-0.05, 0) is 11.6 Å². The quantitative estimate of drug-likeness (QED) is 0.698. The fourth-order valence-electron chi connectivity index (χ4n) is 1.68. The molecule has 0 unspecified atom stereocenters. The van der Waals surface area contributed by atoms with Crippen molar-refractivity contribution in [2.75, 3.05) is 0 Å². The van der Waals surface area contributed by atoms with E-state index in [1.807, 2.05) is 30.3 Å². The van der Waals surface area contributed by atoms with Gasteiger partial charge in [-0.3, -0.25) is 4.99 Å². The van der Waals surface area contributed by atoms with Crippen molar-refractivity contribution in [3.8, 4) is 0 Å². The minimum absolute atomic E-state index is 0.00724. The number of benzene rings is 2. The summed E-state index contributed by atoms with van der Waals surface area (Å²) in [7, 11) is 0. The van der Waals surface area contributed by atoms with Gasteiger partial charge in [-0.15, -0.1) is 0 Å². The van der Waals surface area contributed by atoms with Crippen molar-refractivity contribution in [1.82, 2.24) is 0 Å². The third-order valence-electron chi connectivity index (χ3n) is 2.72. The van der Waals surface area contributed by atoms with Crippen LogP contribution in [0, 0.1) is 0 Å². The van der Waals surface area contributed by atoms with Crippen LogP contribution in [0.2, 0.25) is 0 Å². The monoisotopic (exact) mass is 275 g/mol. The van der Waals surface area contributed by atoms with Gasteiger partial charge in [0.15, 0.2) is 0 Å². The van der Waals surface area contributed by atoms with Crippen LogP contribution < -0.4 is 0 Å². The van der Waals surface area contributed by atoms with Gasteiger partial charge in [-0.2, -0.15) is 13.2 Å². The Hall–Kier alpha value is -2.36. The number of rotatable bonds is 3. The summed E-state index contributed by atoms with van der Waals surface area (Å²) in [5, 5.41) is 0. The molecule has 0 aromatic heterocycles. The normalized spacial score (nSPS) is 11.8. The van der Waals surface area contributed by atoms with E-state index in [1.165, 1.54) is 24.4 Å². The predicted molar refractivity (Wildman–Crippen MR) is 75.2 cm³/mol. The zero-order chi connectivity index (χ0) is 14.6. The number of halogens is 3. The van der Waals surface area contributed by atoms with E-state index >= 15 is 0 Å². The molecule has 0 amide bonds. The number of hydrogen-bond donors (Lipinski definition) is 0. The van der Waals surface area contributed by atoms with E-state index in [-0.39, 0.29) is 11.3 Å². The minimum atomic E-state index is -4.46. The Kier molecular flexibility index (Phi) is 4.03. The lowest BCUT2D eigenvalue weighted by Crippen LogP contribution is -2.09. The molecular weight excluding hydrogens is 263 g/mol. The molecule has 102 valence electrons. The summed E-state index contributed by atoms with van der Waals surface area (Å²) in [6.07, 6.45) is -2.93. The van der Waals surface area contributed by atoms with E-state index in [2.05, 4.69) is 11.6 Å². The molecule has 20 heavy (non-hydrogen) atoms. The zero-order valence-electron chi connectivity index (χ0n) is 10.6. The van der Waals surface area contributed by atoms with Gasteiger partial charge in [0.25, 0.3) is 0 Å². The maximum absolute atomic E-state index is 12.7. The molecule has 1 nitrogen and oxygen atoms in total. The molecule has 4 heteroatoms. The van der Waals surface area contributed by atoms with Crippen LogP contribution in [0.1, 0.15) is 11.1 Å². The second-order valence-corrected chi connectivity index (χ2v) is 4.16. The van der Waals surface area contributed by atoms with Crippen LogP contribution >= 0.6 is 0 Å². The Morgan fingerprint density at radius 2 is 1.55 bits per heavy atom. The van der Waals surface area contributed by atoms with Crippen LogP contribution in [0.3, 0.4) is 0 Å². The summed E-state index contributed by atoms with van der Waals surface area (Å²) < 4.78 is 38.2. The average molecular weight is 275 g/mol. The molecule has 0 aliphatic carbocycles. The second-order valence-electron chi connectivity index (χ2n) is 4.16. The number of hydrogen-bond acceptors (Lipinski definition) is 1. The van der Waals surface area contributed by atoms with Crippen LogP contribution in [-0.4, -0.2) is 12.4 Å². The lowest BCUT2D eigenvalue weighted by Gasteiger charge is -2.12. The third-order valence-corrected chi connectivity index (χ3v) is 2.72. The van der Waals surface area contributed by atoms with Crippen molar-refractivity contribution in [3.05, 3.63) is 72.3 Å². The molecule has 0 spiro atoms. The summed E-state index contributed by atoms with van der Waals surface area (Å²) >= 11 is 0. The highest BCUT2D eigenvalue weighted by atomic mass is 19.4. The summed E-state index contributed by atoms with van der Waals surface area (Å²) in [6.45, 7) is 3.11. The van der Waals surface area contributed by atoms with Crippen LogP contribution in [-0.2, 0) is 0 Å². The highest BCUT2D eigenvalue weighted by Gasteiger charge is 2.33. The van der Waals surface area contributed by atoms with E-state index < -0.39 is 11.7 Å². The van der Waals surface area contributed by atoms with E-state index in [0.717, 1.165) is 5.56 Å².